The number of rotatable bonds is 3. The average Bonchev–Trinajstić information content (AvgIpc) is 2.81. The molecule has 6 nitrogen and oxygen atoms in total. The molecule has 2 aliphatic heterocycles. The minimum Gasteiger partial charge on any atom is -0.480 e. The van der Waals surface area contributed by atoms with E-state index in [2.05, 4.69) is 5.32 Å². The fourth-order valence-corrected chi connectivity index (χ4v) is 3.18. The van der Waals surface area contributed by atoms with E-state index in [1.54, 1.807) is 0 Å². The molecule has 2 heterocycles. The summed E-state index contributed by atoms with van der Waals surface area (Å²) >= 11 is 0. The largest absolute Gasteiger partial charge is 0.480 e. The van der Waals surface area contributed by atoms with E-state index in [0.29, 0.717) is 13.0 Å². The molecule has 0 radical (unpaired) electrons. The quantitative estimate of drug-likeness (QED) is 0.661. The Morgan fingerprint density at radius 1 is 1.47 bits per heavy atom. The molecule has 2 aliphatic rings. The average molecular weight is 270 g/mol. The first-order valence-corrected chi connectivity index (χ1v) is 6.93. The van der Waals surface area contributed by atoms with Gasteiger partial charge < -0.3 is 20.4 Å². The normalized spacial score (nSPS) is 35.4. The molecular weight excluding hydrogens is 248 g/mol. The zero-order valence-electron chi connectivity index (χ0n) is 11.3. The van der Waals surface area contributed by atoms with Crippen molar-refractivity contribution in [1.82, 2.24) is 10.2 Å². The number of carboxylic acids is 1. The van der Waals surface area contributed by atoms with Crippen molar-refractivity contribution in [3.05, 3.63) is 0 Å². The van der Waals surface area contributed by atoms with Crippen LogP contribution in [0.3, 0.4) is 0 Å². The first kappa shape index (κ1) is 14.3. The third-order valence-electron chi connectivity index (χ3n) is 4.43. The number of nitrogens with zero attached hydrogens (tertiary/aromatic N) is 1. The van der Waals surface area contributed by atoms with Crippen LogP contribution in [0.1, 0.15) is 32.6 Å². The van der Waals surface area contributed by atoms with Gasteiger partial charge >= 0.3 is 5.97 Å². The predicted molar refractivity (Wildman–Crippen MR) is 68.6 cm³/mol. The maximum atomic E-state index is 12.7. The zero-order chi connectivity index (χ0) is 14.0. The highest BCUT2D eigenvalue weighted by Gasteiger charge is 2.47. The van der Waals surface area contributed by atoms with Gasteiger partial charge in [-0.25, -0.2) is 4.79 Å². The van der Waals surface area contributed by atoms with Gasteiger partial charge in [0.25, 0.3) is 0 Å². The topological polar surface area (TPSA) is 89.9 Å². The number of carbonyl (C=O) groups excluding carboxylic acids is 1. The van der Waals surface area contributed by atoms with Crippen LogP contribution in [0.2, 0.25) is 0 Å². The number of amides is 1. The number of hydrogen-bond donors (Lipinski definition) is 3. The van der Waals surface area contributed by atoms with Crippen LogP contribution in [0.4, 0.5) is 0 Å². The monoisotopic (exact) mass is 270 g/mol. The number of carboxylic acid groups (broad SMARTS) is 1. The van der Waals surface area contributed by atoms with Gasteiger partial charge in [-0.05, 0) is 25.8 Å². The molecular formula is C13H22N2O4. The molecule has 0 aromatic rings. The highest BCUT2D eigenvalue weighted by atomic mass is 16.4. The van der Waals surface area contributed by atoms with E-state index < -0.39 is 23.5 Å². The standard InChI is InChI=1S/C13H22N2O4/c1-2-13(4-3-5-14-8-13)12(19)15-7-9(16)6-10(15)11(17)18/h9-10,14,16H,2-8H2,1H3,(H,17,18)/t9-,10-,13?/m0/s1. The van der Waals surface area contributed by atoms with Crippen molar-refractivity contribution in [2.24, 2.45) is 5.41 Å². The third-order valence-corrected chi connectivity index (χ3v) is 4.43. The second kappa shape index (κ2) is 5.46. The van der Waals surface area contributed by atoms with Crippen LogP contribution in [0, 0.1) is 5.41 Å². The van der Waals surface area contributed by atoms with Crippen LogP contribution in [0.5, 0.6) is 0 Å². The minimum absolute atomic E-state index is 0.119. The number of aliphatic hydroxyl groups is 1. The molecule has 0 aliphatic carbocycles. The lowest BCUT2D eigenvalue weighted by molar-refractivity contribution is -0.154. The summed E-state index contributed by atoms with van der Waals surface area (Å²) < 4.78 is 0. The van der Waals surface area contributed by atoms with E-state index in [1.165, 1.54) is 4.90 Å². The lowest BCUT2D eigenvalue weighted by Gasteiger charge is -2.39. The van der Waals surface area contributed by atoms with Crippen LogP contribution in [-0.2, 0) is 9.59 Å². The second-order valence-corrected chi connectivity index (χ2v) is 5.62. The number of hydrogen-bond acceptors (Lipinski definition) is 4. The number of nitrogens with one attached hydrogen (secondary N) is 1. The van der Waals surface area contributed by atoms with Crippen molar-refractivity contribution in [3.8, 4) is 0 Å². The van der Waals surface area contributed by atoms with Crippen LogP contribution in [-0.4, -0.2) is 58.8 Å². The molecule has 1 unspecified atom stereocenters. The Hall–Kier alpha value is -1.14. The predicted octanol–water partition coefficient (Wildman–Crippen LogP) is -0.187. The fraction of sp³-hybridized carbons (Fsp3) is 0.846. The summed E-state index contributed by atoms with van der Waals surface area (Å²) in [6.45, 7) is 3.60. The van der Waals surface area contributed by atoms with Crippen molar-refractivity contribution in [2.45, 2.75) is 44.8 Å². The molecule has 19 heavy (non-hydrogen) atoms. The van der Waals surface area contributed by atoms with Crippen LogP contribution in [0.25, 0.3) is 0 Å². The third kappa shape index (κ3) is 2.60. The molecule has 2 saturated heterocycles. The molecule has 3 atom stereocenters. The van der Waals surface area contributed by atoms with Gasteiger partial charge in [0.15, 0.2) is 0 Å². The Morgan fingerprint density at radius 3 is 2.74 bits per heavy atom. The van der Waals surface area contributed by atoms with Crippen molar-refractivity contribution >= 4 is 11.9 Å². The number of aliphatic hydroxyl groups excluding tert-OH is 1. The molecule has 2 rings (SSSR count). The summed E-state index contributed by atoms with van der Waals surface area (Å²) in [5, 5.41) is 22.1. The van der Waals surface area contributed by atoms with Crippen LogP contribution in [0.15, 0.2) is 0 Å². The summed E-state index contributed by atoms with van der Waals surface area (Å²) in [5.41, 5.74) is -0.504. The summed E-state index contributed by atoms with van der Waals surface area (Å²) in [6.07, 6.45) is 1.81. The second-order valence-electron chi connectivity index (χ2n) is 5.62. The Balaban J connectivity index is 2.19. The van der Waals surface area contributed by atoms with Gasteiger partial charge in [0, 0.05) is 19.5 Å². The Kier molecular flexibility index (Phi) is 4.10. The van der Waals surface area contributed by atoms with Gasteiger partial charge in [-0.2, -0.15) is 0 Å². The lowest BCUT2D eigenvalue weighted by Crippen LogP contribution is -2.54. The molecule has 0 spiro atoms. The highest BCUT2D eigenvalue weighted by Crippen LogP contribution is 2.35. The smallest absolute Gasteiger partial charge is 0.326 e. The maximum absolute atomic E-state index is 12.7. The molecule has 0 saturated carbocycles. The van der Waals surface area contributed by atoms with Gasteiger partial charge in [0.05, 0.1) is 11.5 Å². The van der Waals surface area contributed by atoms with E-state index in [0.717, 1.165) is 19.4 Å². The number of aliphatic carboxylic acids is 1. The van der Waals surface area contributed by atoms with E-state index in [-0.39, 0.29) is 18.9 Å². The number of β-amino-alcohol motifs (C(OH)–C–C–N with tert-alkyl or cyclic N) is 1. The number of piperidine rings is 1. The van der Waals surface area contributed by atoms with Gasteiger partial charge in [-0.3, -0.25) is 4.79 Å². The van der Waals surface area contributed by atoms with Crippen LogP contribution >= 0.6 is 0 Å². The van der Waals surface area contributed by atoms with Gasteiger partial charge in [-0.15, -0.1) is 0 Å². The van der Waals surface area contributed by atoms with Crippen molar-refractivity contribution < 1.29 is 19.8 Å². The summed E-state index contributed by atoms with van der Waals surface area (Å²) in [6, 6.07) is -0.882. The van der Waals surface area contributed by atoms with Gasteiger partial charge in [0.1, 0.15) is 6.04 Å². The maximum Gasteiger partial charge on any atom is 0.326 e. The molecule has 108 valence electrons. The van der Waals surface area contributed by atoms with Crippen molar-refractivity contribution in [3.63, 3.8) is 0 Å². The molecule has 0 aromatic carbocycles. The molecule has 3 N–H and O–H groups in total. The Morgan fingerprint density at radius 2 is 2.21 bits per heavy atom. The van der Waals surface area contributed by atoms with E-state index >= 15 is 0 Å². The zero-order valence-corrected chi connectivity index (χ0v) is 11.3. The summed E-state index contributed by atoms with van der Waals surface area (Å²) in [4.78, 5) is 25.3. The van der Waals surface area contributed by atoms with E-state index in [4.69, 9.17) is 0 Å². The summed E-state index contributed by atoms with van der Waals surface area (Å²) in [7, 11) is 0. The first-order valence-electron chi connectivity index (χ1n) is 6.93. The van der Waals surface area contributed by atoms with Gasteiger partial charge in [0.2, 0.25) is 5.91 Å². The molecule has 2 fully saturated rings. The minimum atomic E-state index is -1.03. The lowest BCUT2D eigenvalue weighted by atomic mass is 9.77. The number of likely N-dealkylation sites (tertiary alicyclic amines) is 1. The fourth-order valence-electron chi connectivity index (χ4n) is 3.18. The molecule has 1 amide bonds. The van der Waals surface area contributed by atoms with E-state index in [9.17, 15) is 19.8 Å². The highest BCUT2D eigenvalue weighted by molar-refractivity contribution is 5.88. The van der Waals surface area contributed by atoms with Crippen LogP contribution < -0.4 is 5.32 Å². The Labute approximate surface area is 112 Å². The SMILES string of the molecule is CCC1(C(=O)N2C[C@@H](O)C[C@H]2C(=O)O)CCCNC1. The van der Waals surface area contributed by atoms with Gasteiger partial charge in [-0.1, -0.05) is 6.92 Å². The summed E-state index contributed by atoms with van der Waals surface area (Å²) in [5.74, 6) is -1.15. The molecule has 0 bridgehead atoms. The molecule has 0 aromatic heterocycles. The Bertz CT molecular complexity index is 366. The van der Waals surface area contributed by atoms with Crippen molar-refractivity contribution in [2.75, 3.05) is 19.6 Å². The number of carbonyl (C=O) groups is 2. The first-order chi connectivity index (χ1) is 9.00. The van der Waals surface area contributed by atoms with Crippen molar-refractivity contribution in [1.29, 1.82) is 0 Å². The molecule has 6 heteroatoms. The van der Waals surface area contributed by atoms with E-state index in [1.807, 2.05) is 6.92 Å².